The van der Waals surface area contributed by atoms with Crippen LogP contribution in [-0.2, 0) is 0 Å². The molecule has 0 fully saturated rings. The highest BCUT2D eigenvalue weighted by molar-refractivity contribution is 5.90. The zero-order valence-corrected chi connectivity index (χ0v) is 9.84. The molecule has 1 aromatic rings. The van der Waals surface area contributed by atoms with Crippen molar-refractivity contribution >= 4 is 5.91 Å². The molecule has 0 aromatic carbocycles. The zero-order valence-electron chi connectivity index (χ0n) is 9.84. The van der Waals surface area contributed by atoms with Crippen molar-refractivity contribution in [3.05, 3.63) is 23.8 Å². The Morgan fingerprint density at radius 2 is 2.00 bits per heavy atom. The molecule has 0 aliphatic heterocycles. The van der Waals surface area contributed by atoms with Gasteiger partial charge in [0.15, 0.2) is 0 Å². The van der Waals surface area contributed by atoms with E-state index in [1.54, 1.807) is 19.4 Å². The van der Waals surface area contributed by atoms with E-state index >= 15 is 0 Å². The molecule has 1 heterocycles. The van der Waals surface area contributed by atoms with Crippen LogP contribution in [0.2, 0.25) is 0 Å². The number of carbonyl (C=O) groups excluding carboxylic acids is 1. The number of aromatic nitrogens is 2. The second kappa shape index (κ2) is 5.55. The fourth-order valence-corrected chi connectivity index (χ4v) is 1.17. The van der Waals surface area contributed by atoms with E-state index in [9.17, 15) is 4.79 Å². The van der Waals surface area contributed by atoms with Crippen molar-refractivity contribution in [2.24, 2.45) is 0 Å². The molecule has 0 saturated carbocycles. The Bertz CT molecular complexity index is 349. The first kappa shape index (κ1) is 12.6. The summed E-state index contributed by atoms with van der Waals surface area (Å²) in [6.07, 6.45) is 3.33. The molecule has 5 nitrogen and oxygen atoms in total. The average molecular weight is 223 g/mol. The highest BCUT2D eigenvalue weighted by atomic mass is 16.3. The maximum atomic E-state index is 11.7. The molecule has 0 unspecified atom stereocenters. The zero-order chi connectivity index (χ0) is 12.1. The Morgan fingerprint density at radius 1 is 1.44 bits per heavy atom. The standard InChI is InChI=1S/C11H17N3O2/c1-8(2)9-6-12-10(13-7-9)11(16)14(3)4-5-15/h6-8,15H,4-5H2,1-3H3. The third-order valence-electron chi connectivity index (χ3n) is 2.31. The number of hydrogen-bond acceptors (Lipinski definition) is 4. The smallest absolute Gasteiger partial charge is 0.291 e. The lowest BCUT2D eigenvalue weighted by Crippen LogP contribution is -2.30. The minimum Gasteiger partial charge on any atom is -0.395 e. The molecule has 5 heteroatoms. The van der Waals surface area contributed by atoms with Crippen LogP contribution in [0.1, 0.15) is 35.9 Å². The van der Waals surface area contributed by atoms with E-state index in [1.807, 2.05) is 13.8 Å². The van der Waals surface area contributed by atoms with E-state index < -0.39 is 0 Å². The summed E-state index contributed by atoms with van der Waals surface area (Å²) in [6, 6.07) is 0. The molecule has 0 saturated heterocycles. The van der Waals surface area contributed by atoms with Gasteiger partial charge in [-0.2, -0.15) is 0 Å². The van der Waals surface area contributed by atoms with Gasteiger partial charge in [-0.15, -0.1) is 0 Å². The van der Waals surface area contributed by atoms with Crippen molar-refractivity contribution in [1.82, 2.24) is 14.9 Å². The van der Waals surface area contributed by atoms with Gasteiger partial charge in [0.25, 0.3) is 5.91 Å². The average Bonchev–Trinajstić information content (AvgIpc) is 2.28. The molecule has 88 valence electrons. The van der Waals surface area contributed by atoms with Crippen molar-refractivity contribution in [2.75, 3.05) is 20.2 Å². The Kier molecular flexibility index (Phi) is 4.37. The summed E-state index contributed by atoms with van der Waals surface area (Å²) in [7, 11) is 1.61. The van der Waals surface area contributed by atoms with Crippen LogP contribution in [0.3, 0.4) is 0 Å². The lowest BCUT2D eigenvalue weighted by atomic mass is 10.1. The topological polar surface area (TPSA) is 66.3 Å². The summed E-state index contributed by atoms with van der Waals surface area (Å²) < 4.78 is 0. The van der Waals surface area contributed by atoms with Gasteiger partial charge >= 0.3 is 0 Å². The molecule has 0 spiro atoms. The van der Waals surface area contributed by atoms with Gasteiger partial charge in [0.05, 0.1) is 6.61 Å². The molecular weight excluding hydrogens is 206 g/mol. The van der Waals surface area contributed by atoms with Gasteiger partial charge in [-0.1, -0.05) is 13.8 Å². The quantitative estimate of drug-likeness (QED) is 0.814. The van der Waals surface area contributed by atoms with Crippen LogP contribution < -0.4 is 0 Å². The van der Waals surface area contributed by atoms with E-state index in [0.29, 0.717) is 5.92 Å². The van der Waals surface area contributed by atoms with E-state index in [1.165, 1.54) is 4.90 Å². The molecule has 0 aliphatic rings. The summed E-state index contributed by atoms with van der Waals surface area (Å²) in [5.41, 5.74) is 1.00. The summed E-state index contributed by atoms with van der Waals surface area (Å²) >= 11 is 0. The highest BCUT2D eigenvalue weighted by Gasteiger charge is 2.14. The third-order valence-corrected chi connectivity index (χ3v) is 2.31. The molecule has 1 aromatic heterocycles. The van der Waals surface area contributed by atoms with Crippen LogP contribution in [0, 0.1) is 0 Å². The van der Waals surface area contributed by atoms with Crippen LogP contribution in [-0.4, -0.2) is 46.1 Å². The largest absolute Gasteiger partial charge is 0.395 e. The van der Waals surface area contributed by atoms with E-state index in [2.05, 4.69) is 9.97 Å². The number of amides is 1. The number of aliphatic hydroxyl groups is 1. The van der Waals surface area contributed by atoms with Gasteiger partial charge in [0, 0.05) is 26.0 Å². The van der Waals surface area contributed by atoms with Crippen molar-refractivity contribution in [1.29, 1.82) is 0 Å². The number of hydrogen-bond donors (Lipinski definition) is 1. The fraction of sp³-hybridized carbons (Fsp3) is 0.545. The number of aliphatic hydroxyl groups excluding tert-OH is 1. The highest BCUT2D eigenvalue weighted by Crippen LogP contribution is 2.11. The van der Waals surface area contributed by atoms with Gasteiger partial charge < -0.3 is 10.0 Å². The third kappa shape index (κ3) is 3.00. The van der Waals surface area contributed by atoms with Gasteiger partial charge in [-0.25, -0.2) is 9.97 Å². The summed E-state index contributed by atoms with van der Waals surface area (Å²) in [6.45, 7) is 4.30. The fourth-order valence-electron chi connectivity index (χ4n) is 1.17. The van der Waals surface area contributed by atoms with Crippen LogP contribution in [0.4, 0.5) is 0 Å². The minimum atomic E-state index is -0.274. The Balaban J connectivity index is 2.77. The minimum absolute atomic E-state index is 0.0632. The first-order chi connectivity index (χ1) is 7.56. The second-order valence-electron chi connectivity index (χ2n) is 3.95. The molecular formula is C11H17N3O2. The van der Waals surface area contributed by atoms with Crippen molar-refractivity contribution < 1.29 is 9.90 Å². The van der Waals surface area contributed by atoms with E-state index in [4.69, 9.17) is 5.11 Å². The number of likely N-dealkylation sites (N-methyl/N-ethyl adjacent to an activating group) is 1. The van der Waals surface area contributed by atoms with E-state index in [0.717, 1.165) is 5.56 Å². The SMILES string of the molecule is CC(C)c1cnc(C(=O)N(C)CCO)nc1. The van der Waals surface area contributed by atoms with Crippen LogP contribution >= 0.6 is 0 Å². The van der Waals surface area contributed by atoms with Gasteiger partial charge in [0.2, 0.25) is 5.82 Å². The molecule has 16 heavy (non-hydrogen) atoms. The molecule has 1 rings (SSSR count). The van der Waals surface area contributed by atoms with Gasteiger partial charge in [-0.05, 0) is 11.5 Å². The maximum Gasteiger partial charge on any atom is 0.291 e. The lowest BCUT2D eigenvalue weighted by Gasteiger charge is -2.14. The van der Waals surface area contributed by atoms with Gasteiger partial charge in [-0.3, -0.25) is 4.79 Å². The molecule has 1 amide bonds. The molecule has 0 aliphatic carbocycles. The molecule has 0 bridgehead atoms. The first-order valence-electron chi connectivity index (χ1n) is 5.24. The Hall–Kier alpha value is -1.49. The molecule has 0 atom stereocenters. The summed E-state index contributed by atoms with van der Waals surface area (Å²) in [4.78, 5) is 21.1. The normalized spacial score (nSPS) is 10.6. The van der Waals surface area contributed by atoms with Crippen molar-refractivity contribution in [3.8, 4) is 0 Å². The molecule has 0 radical (unpaired) electrons. The Morgan fingerprint density at radius 3 is 2.44 bits per heavy atom. The van der Waals surface area contributed by atoms with Crippen molar-refractivity contribution in [3.63, 3.8) is 0 Å². The molecule has 1 N–H and O–H groups in total. The predicted octanol–water partition coefficient (Wildman–Crippen LogP) is 0.664. The maximum absolute atomic E-state index is 11.7. The van der Waals surface area contributed by atoms with Crippen molar-refractivity contribution in [2.45, 2.75) is 19.8 Å². The monoisotopic (exact) mass is 223 g/mol. The van der Waals surface area contributed by atoms with Crippen LogP contribution in [0.15, 0.2) is 12.4 Å². The number of rotatable bonds is 4. The summed E-state index contributed by atoms with van der Waals surface area (Å²) in [5, 5.41) is 8.71. The number of carbonyl (C=O) groups is 1. The lowest BCUT2D eigenvalue weighted by molar-refractivity contribution is 0.0755. The number of nitrogens with zero attached hydrogens (tertiary/aromatic N) is 3. The van der Waals surface area contributed by atoms with Crippen LogP contribution in [0.25, 0.3) is 0 Å². The van der Waals surface area contributed by atoms with Gasteiger partial charge in [0.1, 0.15) is 0 Å². The second-order valence-corrected chi connectivity index (χ2v) is 3.95. The van der Waals surface area contributed by atoms with E-state index in [-0.39, 0.29) is 24.9 Å². The predicted molar refractivity (Wildman–Crippen MR) is 60.2 cm³/mol. The Labute approximate surface area is 95.1 Å². The first-order valence-corrected chi connectivity index (χ1v) is 5.24. The summed E-state index contributed by atoms with van der Waals surface area (Å²) in [5.74, 6) is 0.240. The van der Waals surface area contributed by atoms with Crippen LogP contribution in [0.5, 0.6) is 0 Å².